The highest BCUT2D eigenvalue weighted by Crippen LogP contribution is 2.37. The van der Waals surface area contributed by atoms with Crippen molar-refractivity contribution >= 4 is 11.4 Å². The first-order chi connectivity index (χ1) is 8.68. The lowest BCUT2D eigenvalue weighted by molar-refractivity contribution is 0.975. The van der Waals surface area contributed by atoms with Crippen LogP contribution in [0.5, 0.6) is 0 Å². The molecule has 0 atom stereocenters. The van der Waals surface area contributed by atoms with E-state index in [0.717, 1.165) is 12.8 Å². The highest BCUT2D eigenvalue weighted by molar-refractivity contribution is 5.74. The van der Waals surface area contributed by atoms with Gasteiger partial charge in [0.2, 0.25) is 0 Å². The Kier molecular flexibility index (Phi) is 2.62. The van der Waals surface area contributed by atoms with Crippen LogP contribution in [0.4, 0.5) is 11.4 Å². The van der Waals surface area contributed by atoms with Gasteiger partial charge in [0, 0.05) is 18.4 Å². The molecule has 92 valence electrons. The zero-order chi connectivity index (χ0) is 12.7. The van der Waals surface area contributed by atoms with E-state index in [-0.39, 0.29) is 0 Å². The monoisotopic (exact) mass is 237 g/mol. The van der Waals surface area contributed by atoms with Crippen molar-refractivity contribution in [2.75, 3.05) is 11.9 Å². The van der Waals surface area contributed by atoms with Crippen LogP contribution < -0.4 is 4.90 Å². The van der Waals surface area contributed by atoms with Crippen LogP contribution in [-0.4, -0.2) is 7.05 Å². The first-order valence-electron chi connectivity index (χ1n) is 6.59. The van der Waals surface area contributed by atoms with E-state index < -0.39 is 0 Å². The number of para-hydroxylation sites is 1. The molecule has 1 nitrogen and oxygen atoms in total. The molecule has 0 aromatic heterocycles. The van der Waals surface area contributed by atoms with Crippen molar-refractivity contribution in [1.82, 2.24) is 0 Å². The molecule has 0 unspecified atom stereocenters. The minimum absolute atomic E-state index is 1.13. The molecule has 2 aromatic carbocycles. The summed E-state index contributed by atoms with van der Waals surface area (Å²) in [6, 6.07) is 13.3. The van der Waals surface area contributed by atoms with Gasteiger partial charge in [-0.05, 0) is 55.0 Å². The number of rotatable bonds is 0. The summed E-state index contributed by atoms with van der Waals surface area (Å²) < 4.78 is 0. The number of anilines is 2. The van der Waals surface area contributed by atoms with Gasteiger partial charge in [-0.2, -0.15) is 0 Å². The van der Waals surface area contributed by atoms with E-state index in [1.165, 1.54) is 33.6 Å². The lowest BCUT2D eigenvalue weighted by atomic mass is 9.99. The number of benzene rings is 2. The Morgan fingerprint density at radius 2 is 1.61 bits per heavy atom. The largest absolute Gasteiger partial charge is 0.344 e. The summed E-state index contributed by atoms with van der Waals surface area (Å²) in [6.07, 6.45) is 2.27. The first kappa shape index (κ1) is 11.3. The van der Waals surface area contributed by atoms with E-state index in [0.29, 0.717) is 0 Å². The van der Waals surface area contributed by atoms with E-state index >= 15 is 0 Å². The maximum absolute atomic E-state index is 2.36. The molecule has 0 bridgehead atoms. The summed E-state index contributed by atoms with van der Waals surface area (Å²) in [5.41, 5.74) is 8.46. The van der Waals surface area contributed by atoms with Gasteiger partial charge in [-0.3, -0.25) is 0 Å². The molecule has 1 aliphatic heterocycles. The molecule has 0 saturated carbocycles. The average molecular weight is 237 g/mol. The number of hydrogen-bond acceptors (Lipinski definition) is 1. The number of hydrogen-bond donors (Lipinski definition) is 0. The predicted octanol–water partition coefficient (Wildman–Crippen LogP) is 4.17. The molecule has 1 heterocycles. The highest BCUT2D eigenvalue weighted by Gasteiger charge is 2.19. The second kappa shape index (κ2) is 4.16. The minimum atomic E-state index is 1.13. The molecular formula is C17H19N. The lowest BCUT2D eigenvalue weighted by Crippen LogP contribution is -2.13. The zero-order valence-electron chi connectivity index (χ0n) is 11.3. The maximum Gasteiger partial charge on any atom is 0.0473 e. The number of nitrogens with zero attached hydrogens (tertiary/aromatic N) is 1. The second-order valence-electron chi connectivity index (χ2n) is 5.20. The van der Waals surface area contributed by atoms with Gasteiger partial charge in [-0.25, -0.2) is 0 Å². The fourth-order valence-corrected chi connectivity index (χ4v) is 2.97. The normalized spacial score (nSPS) is 13.8. The molecule has 2 aromatic rings. The van der Waals surface area contributed by atoms with Crippen molar-refractivity contribution in [3.05, 3.63) is 58.7 Å². The van der Waals surface area contributed by atoms with Crippen LogP contribution in [-0.2, 0) is 12.8 Å². The SMILES string of the molecule is Cc1ccc2c(c1C)N(C)c1ccccc1CC2. The van der Waals surface area contributed by atoms with E-state index in [4.69, 9.17) is 0 Å². The van der Waals surface area contributed by atoms with Crippen LogP contribution in [0.2, 0.25) is 0 Å². The molecule has 0 fully saturated rings. The smallest absolute Gasteiger partial charge is 0.0473 e. The van der Waals surface area contributed by atoms with Gasteiger partial charge in [0.05, 0.1) is 0 Å². The predicted molar refractivity (Wildman–Crippen MR) is 77.8 cm³/mol. The molecule has 1 aliphatic rings. The quantitative estimate of drug-likeness (QED) is 0.664. The first-order valence-corrected chi connectivity index (χ1v) is 6.59. The summed E-state index contributed by atoms with van der Waals surface area (Å²) in [7, 11) is 2.19. The molecule has 0 saturated heterocycles. The average Bonchev–Trinajstić information content (AvgIpc) is 2.53. The van der Waals surface area contributed by atoms with Crippen molar-refractivity contribution < 1.29 is 0 Å². The van der Waals surface area contributed by atoms with E-state index in [2.05, 4.69) is 62.2 Å². The molecule has 3 rings (SSSR count). The maximum atomic E-state index is 2.36. The van der Waals surface area contributed by atoms with Crippen LogP contribution in [0, 0.1) is 13.8 Å². The van der Waals surface area contributed by atoms with Crippen molar-refractivity contribution in [2.24, 2.45) is 0 Å². The molecule has 0 aliphatic carbocycles. The number of aryl methyl sites for hydroxylation is 3. The van der Waals surface area contributed by atoms with Crippen LogP contribution in [0.15, 0.2) is 36.4 Å². The highest BCUT2D eigenvalue weighted by atomic mass is 15.1. The summed E-state index contributed by atoms with van der Waals surface area (Å²) in [5.74, 6) is 0. The van der Waals surface area contributed by atoms with Crippen molar-refractivity contribution in [3.8, 4) is 0 Å². The lowest BCUT2D eigenvalue weighted by Gasteiger charge is -2.24. The second-order valence-corrected chi connectivity index (χ2v) is 5.20. The Hall–Kier alpha value is -1.76. The molecule has 0 amide bonds. The molecule has 18 heavy (non-hydrogen) atoms. The Labute approximate surface area is 109 Å². The molecule has 1 heteroatoms. The summed E-state index contributed by atoms with van der Waals surface area (Å²) >= 11 is 0. The third-order valence-electron chi connectivity index (χ3n) is 4.14. The topological polar surface area (TPSA) is 3.24 Å². The Balaban J connectivity index is 2.24. The van der Waals surface area contributed by atoms with Gasteiger partial charge in [0.1, 0.15) is 0 Å². The van der Waals surface area contributed by atoms with E-state index in [1.54, 1.807) is 0 Å². The standard InChI is InChI=1S/C17H19N/c1-12-8-9-15-11-10-14-6-4-5-7-16(14)18(3)17(15)13(12)2/h4-9H,10-11H2,1-3H3. The van der Waals surface area contributed by atoms with Crippen molar-refractivity contribution in [3.63, 3.8) is 0 Å². The minimum Gasteiger partial charge on any atom is -0.344 e. The molecular weight excluding hydrogens is 218 g/mol. The summed E-state index contributed by atoms with van der Waals surface area (Å²) in [4.78, 5) is 2.36. The summed E-state index contributed by atoms with van der Waals surface area (Å²) in [5, 5.41) is 0. The summed E-state index contributed by atoms with van der Waals surface area (Å²) in [6.45, 7) is 4.43. The molecule has 0 radical (unpaired) electrons. The Morgan fingerprint density at radius 3 is 2.44 bits per heavy atom. The van der Waals surface area contributed by atoms with Gasteiger partial charge in [0.15, 0.2) is 0 Å². The van der Waals surface area contributed by atoms with Crippen LogP contribution in [0.1, 0.15) is 22.3 Å². The third-order valence-corrected chi connectivity index (χ3v) is 4.14. The molecule has 0 N–H and O–H groups in total. The van der Waals surface area contributed by atoms with Crippen LogP contribution in [0.25, 0.3) is 0 Å². The van der Waals surface area contributed by atoms with E-state index in [9.17, 15) is 0 Å². The van der Waals surface area contributed by atoms with Crippen molar-refractivity contribution in [2.45, 2.75) is 26.7 Å². The molecule has 0 spiro atoms. The zero-order valence-corrected chi connectivity index (χ0v) is 11.3. The Morgan fingerprint density at radius 1 is 0.889 bits per heavy atom. The number of fused-ring (bicyclic) bond motifs is 2. The third kappa shape index (κ3) is 1.62. The van der Waals surface area contributed by atoms with Gasteiger partial charge in [-0.15, -0.1) is 0 Å². The Bertz CT molecular complexity index is 599. The fourth-order valence-electron chi connectivity index (χ4n) is 2.97. The van der Waals surface area contributed by atoms with Crippen molar-refractivity contribution in [1.29, 1.82) is 0 Å². The van der Waals surface area contributed by atoms with E-state index in [1.807, 2.05) is 0 Å². The van der Waals surface area contributed by atoms with Gasteiger partial charge >= 0.3 is 0 Å². The van der Waals surface area contributed by atoms with Gasteiger partial charge < -0.3 is 4.90 Å². The van der Waals surface area contributed by atoms with Gasteiger partial charge in [-0.1, -0.05) is 30.3 Å². The van der Waals surface area contributed by atoms with Crippen LogP contribution in [0.3, 0.4) is 0 Å². The van der Waals surface area contributed by atoms with Crippen LogP contribution >= 0.6 is 0 Å². The van der Waals surface area contributed by atoms with Gasteiger partial charge in [0.25, 0.3) is 0 Å². The fraction of sp³-hybridized carbons (Fsp3) is 0.294.